The molecule has 0 aliphatic heterocycles. The summed E-state index contributed by atoms with van der Waals surface area (Å²) in [5.74, 6) is 2.19. The second-order valence-corrected chi connectivity index (χ2v) is 6.94. The van der Waals surface area contributed by atoms with Crippen molar-refractivity contribution in [3.05, 3.63) is 48.8 Å². The molecule has 3 rings (SSSR count). The predicted molar refractivity (Wildman–Crippen MR) is 94.3 cm³/mol. The van der Waals surface area contributed by atoms with E-state index in [9.17, 15) is 4.21 Å². The lowest BCUT2D eigenvalue weighted by Crippen LogP contribution is -2.16. The molecule has 2 N–H and O–H groups in total. The van der Waals surface area contributed by atoms with E-state index in [-0.39, 0.29) is 6.61 Å². The molecule has 1 atom stereocenters. The van der Waals surface area contributed by atoms with Crippen molar-refractivity contribution in [2.75, 3.05) is 30.0 Å². The van der Waals surface area contributed by atoms with Gasteiger partial charge in [0.2, 0.25) is 0 Å². The topological polar surface area (TPSA) is 92.9 Å². The van der Waals surface area contributed by atoms with E-state index < -0.39 is 10.8 Å². The van der Waals surface area contributed by atoms with Gasteiger partial charge in [0.05, 0.1) is 25.0 Å². The van der Waals surface area contributed by atoms with Crippen LogP contribution in [0, 0.1) is 0 Å². The van der Waals surface area contributed by atoms with Gasteiger partial charge in [-0.2, -0.15) is 0 Å². The van der Waals surface area contributed by atoms with Gasteiger partial charge in [0.1, 0.15) is 5.82 Å². The minimum atomic E-state index is -1.03. The third kappa shape index (κ3) is 4.15. The molecule has 0 aliphatic carbocycles. The number of imidazole rings is 1. The van der Waals surface area contributed by atoms with Gasteiger partial charge in [0.25, 0.3) is 0 Å². The van der Waals surface area contributed by atoms with Crippen molar-refractivity contribution in [1.29, 1.82) is 0 Å². The summed E-state index contributed by atoms with van der Waals surface area (Å²) in [6.07, 6.45) is 5.31. The fourth-order valence-corrected chi connectivity index (χ4v) is 3.10. The minimum Gasteiger partial charge on any atom is -0.395 e. The molecule has 0 fully saturated rings. The molecule has 0 spiro atoms. The largest absolute Gasteiger partial charge is 0.395 e. The Bertz CT molecular complexity index is 822. The van der Waals surface area contributed by atoms with Gasteiger partial charge in [0, 0.05) is 46.6 Å². The standard InChI is InChI=1S/C16H19N5O2S/c22-8-10-24(23)9-6-18-16-13-3-1-2-4-14(13)19-15(20-16)11-21-7-5-17-12-21/h1-5,7,12,22H,6,8-11H2,(H,18,19,20). The number of fused-ring (bicyclic) bond motifs is 1. The molecule has 2 heterocycles. The molecule has 0 amide bonds. The number of hydrogen-bond donors (Lipinski definition) is 2. The average molecular weight is 345 g/mol. The van der Waals surface area contributed by atoms with E-state index in [0.29, 0.717) is 30.4 Å². The van der Waals surface area contributed by atoms with Crippen molar-refractivity contribution in [2.24, 2.45) is 0 Å². The van der Waals surface area contributed by atoms with Gasteiger partial charge in [-0.05, 0) is 12.1 Å². The summed E-state index contributed by atoms with van der Waals surface area (Å²) in [6.45, 7) is 1.01. The summed E-state index contributed by atoms with van der Waals surface area (Å²) in [7, 11) is -1.03. The Kier molecular flexibility index (Phi) is 5.50. The van der Waals surface area contributed by atoms with Crippen molar-refractivity contribution in [3.8, 4) is 0 Å². The molecule has 1 unspecified atom stereocenters. The highest BCUT2D eigenvalue weighted by atomic mass is 32.2. The Morgan fingerprint density at radius 3 is 2.88 bits per heavy atom. The van der Waals surface area contributed by atoms with Crippen LogP contribution in [0.3, 0.4) is 0 Å². The van der Waals surface area contributed by atoms with E-state index in [1.807, 2.05) is 35.0 Å². The van der Waals surface area contributed by atoms with E-state index in [2.05, 4.69) is 20.3 Å². The van der Waals surface area contributed by atoms with Crippen molar-refractivity contribution in [3.63, 3.8) is 0 Å². The van der Waals surface area contributed by atoms with Gasteiger partial charge in [-0.3, -0.25) is 4.21 Å². The van der Waals surface area contributed by atoms with Crippen LogP contribution in [0.4, 0.5) is 5.82 Å². The number of aliphatic hydroxyl groups excluding tert-OH is 1. The molecule has 7 nitrogen and oxygen atoms in total. The lowest BCUT2D eigenvalue weighted by molar-refractivity contribution is 0.321. The third-order valence-corrected chi connectivity index (χ3v) is 4.77. The van der Waals surface area contributed by atoms with Gasteiger partial charge in [0.15, 0.2) is 5.82 Å². The Hall–Kier alpha value is -2.32. The summed E-state index contributed by atoms with van der Waals surface area (Å²) >= 11 is 0. The molecule has 3 aromatic rings. The average Bonchev–Trinajstić information content (AvgIpc) is 3.08. The Morgan fingerprint density at radius 2 is 2.08 bits per heavy atom. The molecule has 8 heteroatoms. The van der Waals surface area contributed by atoms with Crippen LogP contribution in [-0.4, -0.2) is 53.5 Å². The summed E-state index contributed by atoms with van der Waals surface area (Å²) in [4.78, 5) is 13.2. The van der Waals surface area contributed by atoms with E-state index in [4.69, 9.17) is 5.11 Å². The molecule has 0 saturated carbocycles. The van der Waals surface area contributed by atoms with Crippen molar-refractivity contribution >= 4 is 27.5 Å². The highest BCUT2D eigenvalue weighted by Crippen LogP contribution is 2.20. The van der Waals surface area contributed by atoms with E-state index in [1.165, 1.54) is 0 Å². The Balaban J connectivity index is 1.80. The number of aliphatic hydroxyl groups is 1. The molecule has 1 aromatic carbocycles. The third-order valence-electron chi connectivity index (χ3n) is 3.47. The van der Waals surface area contributed by atoms with Gasteiger partial charge in [-0.1, -0.05) is 12.1 Å². The summed E-state index contributed by atoms with van der Waals surface area (Å²) < 4.78 is 13.6. The van der Waals surface area contributed by atoms with E-state index in [1.54, 1.807) is 12.5 Å². The van der Waals surface area contributed by atoms with Gasteiger partial charge < -0.3 is 15.0 Å². The van der Waals surface area contributed by atoms with Crippen LogP contribution in [0.2, 0.25) is 0 Å². The maximum absolute atomic E-state index is 11.6. The van der Waals surface area contributed by atoms with Crippen molar-refractivity contribution in [2.45, 2.75) is 6.54 Å². The summed E-state index contributed by atoms with van der Waals surface area (Å²) in [5, 5.41) is 13.0. The molecular weight excluding hydrogens is 326 g/mol. The van der Waals surface area contributed by atoms with Crippen LogP contribution in [0.25, 0.3) is 10.9 Å². The normalized spacial score (nSPS) is 12.4. The smallest absolute Gasteiger partial charge is 0.151 e. The first kappa shape index (κ1) is 16.5. The SMILES string of the molecule is O=S(CCO)CCNc1nc(Cn2ccnc2)nc2ccccc12. The number of nitrogens with one attached hydrogen (secondary N) is 1. The molecule has 126 valence electrons. The number of aromatic nitrogens is 4. The Labute approximate surface area is 142 Å². The lowest BCUT2D eigenvalue weighted by Gasteiger charge is -2.11. The van der Waals surface area contributed by atoms with E-state index >= 15 is 0 Å². The number of nitrogens with zero attached hydrogens (tertiary/aromatic N) is 4. The van der Waals surface area contributed by atoms with E-state index in [0.717, 1.165) is 16.7 Å². The van der Waals surface area contributed by atoms with Gasteiger partial charge in [-0.15, -0.1) is 0 Å². The first-order valence-electron chi connectivity index (χ1n) is 7.67. The predicted octanol–water partition coefficient (Wildman–Crippen LogP) is 1.03. The second-order valence-electron chi connectivity index (χ2n) is 5.24. The van der Waals surface area contributed by atoms with Crippen LogP contribution < -0.4 is 5.32 Å². The van der Waals surface area contributed by atoms with Gasteiger partial charge in [-0.25, -0.2) is 15.0 Å². The summed E-state index contributed by atoms with van der Waals surface area (Å²) in [6, 6.07) is 7.79. The number of hydrogen-bond acceptors (Lipinski definition) is 6. The minimum absolute atomic E-state index is 0.0574. The molecule has 0 radical (unpaired) electrons. The van der Waals surface area contributed by atoms with Crippen LogP contribution in [0.15, 0.2) is 43.0 Å². The molecule has 0 aliphatic rings. The first-order chi connectivity index (χ1) is 11.8. The maximum atomic E-state index is 11.6. The first-order valence-corrected chi connectivity index (χ1v) is 9.16. The van der Waals surface area contributed by atoms with Crippen molar-refractivity contribution < 1.29 is 9.32 Å². The van der Waals surface area contributed by atoms with Crippen LogP contribution in [0.5, 0.6) is 0 Å². The summed E-state index contributed by atoms with van der Waals surface area (Å²) in [5.41, 5.74) is 0.863. The number of benzene rings is 1. The van der Waals surface area contributed by atoms with Crippen LogP contribution in [-0.2, 0) is 17.3 Å². The molecule has 0 bridgehead atoms. The zero-order valence-corrected chi connectivity index (χ0v) is 13.9. The number of anilines is 1. The highest BCUT2D eigenvalue weighted by Gasteiger charge is 2.08. The lowest BCUT2D eigenvalue weighted by atomic mass is 10.2. The monoisotopic (exact) mass is 345 g/mol. The Morgan fingerprint density at radius 1 is 1.21 bits per heavy atom. The zero-order valence-electron chi connectivity index (χ0n) is 13.1. The van der Waals surface area contributed by atoms with Gasteiger partial charge >= 0.3 is 0 Å². The quantitative estimate of drug-likeness (QED) is 0.633. The van der Waals surface area contributed by atoms with Crippen LogP contribution >= 0.6 is 0 Å². The van der Waals surface area contributed by atoms with Crippen LogP contribution in [0.1, 0.15) is 5.82 Å². The van der Waals surface area contributed by atoms with Crippen molar-refractivity contribution in [1.82, 2.24) is 19.5 Å². The number of rotatable bonds is 8. The molecule has 2 aromatic heterocycles. The molecule has 0 saturated heterocycles. The fraction of sp³-hybridized carbons (Fsp3) is 0.312. The molecule has 24 heavy (non-hydrogen) atoms. The second kappa shape index (κ2) is 7.98. The molecular formula is C16H19N5O2S. The maximum Gasteiger partial charge on any atom is 0.151 e. The highest BCUT2D eigenvalue weighted by molar-refractivity contribution is 7.85. The zero-order chi connectivity index (χ0) is 16.8. The fourth-order valence-electron chi connectivity index (χ4n) is 2.36. The number of para-hydroxylation sites is 1.